The van der Waals surface area contributed by atoms with Gasteiger partial charge in [0.05, 0.1) is 30.7 Å². The van der Waals surface area contributed by atoms with E-state index in [1.54, 1.807) is 36.4 Å². The van der Waals surface area contributed by atoms with E-state index < -0.39 is 0 Å². The largest absolute Gasteiger partial charge is 0.497 e. The highest BCUT2D eigenvalue weighted by Gasteiger charge is 2.15. The summed E-state index contributed by atoms with van der Waals surface area (Å²) in [5, 5.41) is 21.9. The highest BCUT2D eigenvalue weighted by Crippen LogP contribution is 2.26. The third kappa shape index (κ3) is 3.06. The Morgan fingerprint density at radius 3 is 2.88 bits per heavy atom. The molecule has 0 amide bonds. The summed E-state index contributed by atoms with van der Waals surface area (Å²) in [7, 11) is 1.52. The molecule has 2 aromatic rings. The van der Waals surface area contributed by atoms with E-state index in [0.29, 0.717) is 28.4 Å². The number of hydrogen-bond donors (Lipinski definition) is 0. The van der Waals surface area contributed by atoms with Gasteiger partial charge in [-0.2, -0.15) is 15.5 Å². The number of nitriles is 2. The number of methoxy groups -OCH3 is 1. The number of allylic oxidation sites excluding steroid dienone is 3. The van der Waals surface area contributed by atoms with Gasteiger partial charge >= 0.3 is 0 Å². The Bertz CT molecular complexity index is 941. The molecule has 7 heteroatoms. The van der Waals surface area contributed by atoms with Crippen molar-refractivity contribution in [1.82, 2.24) is 10.1 Å². The minimum Gasteiger partial charge on any atom is -0.497 e. The molecule has 0 spiro atoms. The molecule has 0 saturated carbocycles. The number of aliphatic imine (C=N–C) groups is 1. The molecule has 0 N–H and O–H groups in total. The first-order valence-corrected chi connectivity index (χ1v) is 6.99. The van der Waals surface area contributed by atoms with Crippen LogP contribution in [0.2, 0.25) is 0 Å². The molecule has 2 heterocycles. The second-order valence-electron chi connectivity index (χ2n) is 4.85. The number of rotatable bonds is 3. The van der Waals surface area contributed by atoms with Crippen molar-refractivity contribution in [3.05, 3.63) is 47.8 Å². The summed E-state index contributed by atoms with van der Waals surface area (Å²) in [5.41, 5.74) is 1.49. The van der Waals surface area contributed by atoms with Crippen LogP contribution in [0.25, 0.3) is 17.2 Å². The van der Waals surface area contributed by atoms with Gasteiger partial charge in [0.1, 0.15) is 11.4 Å². The van der Waals surface area contributed by atoms with E-state index >= 15 is 0 Å². The lowest BCUT2D eigenvalue weighted by Gasteiger charge is -2.01. The van der Waals surface area contributed by atoms with Gasteiger partial charge in [-0.15, -0.1) is 0 Å². The first kappa shape index (κ1) is 15.2. The minimum absolute atomic E-state index is 0.251. The highest BCUT2D eigenvalue weighted by molar-refractivity contribution is 5.78. The Morgan fingerprint density at radius 1 is 1.25 bits per heavy atom. The second-order valence-corrected chi connectivity index (χ2v) is 4.85. The van der Waals surface area contributed by atoms with Crippen molar-refractivity contribution < 1.29 is 9.26 Å². The number of hydrogen-bond acceptors (Lipinski definition) is 7. The fourth-order valence-electron chi connectivity index (χ4n) is 2.08. The maximum Gasteiger partial charge on any atom is 0.258 e. The van der Waals surface area contributed by atoms with Crippen LogP contribution in [-0.4, -0.2) is 23.5 Å². The van der Waals surface area contributed by atoms with Crippen LogP contribution in [0.15, 0.2) is 45.9 Å². The first-order valence-electron chi connectivity index (χ1n) is 6.99. The van der Waals surface area contributed by atoms with Crippen molar-refractivity contribution in [2.75, 3.05) is 7.11 Å². The molecule has 1 aliphatic rings. The Kier molecular flexibility index (Phi) is 4.17. The topological polar surface area (TPSA) is 108 Å². The molecule has 1 unspecified atom stereocenters. The fraction of sp³-hybridized carbons (Fsp3) is 0.118. The van der Waals surface area contributed by atoms with Gasteiger partial charge in [-0.1, -0.05) is 17.3 Å². The van der Waals surface area contributed by atoms with E-state index in [0.717, 1.165) is 0 Å². The van der Waals surface area contributed by atoms with Gasteiger partial charge < -0.3 is 9.26 Å². The molecule has 0 aliphatic carbocycles. The summed E-state index contributed by atoms with van der Waals surface area (Å²) in [6, 6.07) is 9.11. The third-order valence-corrected chi connectivity index (χ3v) is 3.27. The van der Waals surface area contributed by atoms with Crippen LogP contribution in [0, 0.1) is 28.6 Å². The van der Waals surface area contributed by atoms with Crippen LogP contribution >= 0.6 is 0 Å². The molecule has 7 nitrogen and oxygen atoms in total. The second kappa shape index (κ2) is 6.59. The van der Waals surface area contributed by atoms with Crippen LogP contribution in [0.4, 0.5) is 0 Å². The average molecular weight is 317 g/mol. The monoisotopic (exact) mass is 317 g/mol. The normalized spacial score (nSPS) is 16.0. The van der Waals surface area contributed by atoms with Gasteiger partial charge in [-0.05, 0) is 24.3 Å². The summed E-state index contributed by atoms with van der Waals surface area (Å²) in [4.78, 5) is 8.52. The number of ether oxygens (including phenoxy) is 1. The quantitative estimate of drug-likeness (QED) is 0.861. The van der Waals surface area contributed by atoms with Crippen molar-refractivity contribution in [2.45, 2.75) is 0 Å². The SMILES string of the molecule is COc1cc(C#N)cc(-c2nc(C3=CC=CC(C#N)C=N3)no2)c1. The fourth-order valence-corrected chi connectivity index (χ4v) is 2.08. The zero-order valence-corrected chi connectivity index (χ0v) is 12.7. The summed E-state index contributed by atoms with van der Waals surface area (Å²) >= 11 is 0. The van der Waals surface area contributed by atoms with Gasteiger partial charge in [-0.3, -0.25) is 4.99 Å². The van der Waals surface area contributed by atoms with Gasteiger partial charge in [0.15, 0.2) is 0 Å². The molecule has 0 bridgehead atoms. The Labute approximate surface area is 137 Å². The minimum atomic E-state index is -0.387. The maximum atomic E-state index is 9.08. The van der Waals surface area contributed by atoms with E-state index in [4.69, 9.17) is 19.8 Å². The van der Waals surface area contributed by atoms with Crippen molar-refractivity contribution in [1.29, 1.82) is 10.5 Å². The zero-order chi connectivity index (χ0) is 16.9. The standard InChI is InChI=1S/C17H11N5O2/c1-23-14-6-12(9-19)5-13(7-14)17-21-16(22-24-17)15-4-2-3-11(8-18)10-20-15/h2-7,10-11H,1H3. The zero-order valence-electron chi connectivity index (χ0n) is 12.7. The van der Waals surface area contributed by atoms with Crippen molar-refractivity contribution >= 4 is 11.9 Å². The van der Waals surface area contributed by atoms with Crippen LogP contribution in [0.5, 0.6) is 5.75 Å². The lowest BCUT2D eigenvalue weighted by atomic mass is 10.1. The van der Waals surface area contributed by atoms with Gasteiger partial charge in [0, 0.05) is 11.8 Å². The Morgan fingerprint density at radius 2 is 2.12 bits per heavy atom. The van der Waals surface area contributed by atoms with E-state index in [1.165, 1.54) is 13.3 Å². The molecule has 0 radical (unpaired) electrons. The van der Waals surface area contributed by atoms with Crippen LogP contribution < -0.4 is 4.74 Å². The van der Waals surface area contributed by atoms with Crippen LogP contribution in [0.1, 0.15) is 11.4 Å². The van der Waals surface area contributed by atoms with Gasteiger partial charge in [0.25, 0.3) is 5.89 Å². The lowest BCUT2D eigenvalue weighted by molar-refractivity contribution is 0.412. The summed E-state index contributed by atoms with van der Waals surface area (Å²) in [6.07, 6.45) is 6.67. The van der Waals surface area contributed by atoms with E-state index in [-0.39, 0.29) is 11.8 Å². The van der Waals surface area contributed by atoms with Crippen LogP contribution in [-0.2, 0) is 0 Å². The molecule has 24 heavy (non-hydrogen) atoms. The molecule has 1 atom stereocenters. The summed E-state index contributed by atoms with van der Waals surface area (Å²) in [6.45, 7) is 0. The molecule has 1 aromatic heterocycles. The lowest BCUT2D eigenvalue weighted by Crippen LogP contribution is -1.92. The molecule has 1 aliphatic heterocycles. The van der Waals surface area contributed by atoms with Crippen molar-refractivity contribution in [3.63, 3.8) is 0 Å². The predicted octanol–water partition coefficient (Wildman–Crippen LogP) is 2.74. The number of aromatic nitrogens is 2. The van der Waals surface area contributed by atoms with E-state index in [9.17, 15) is 0 Å². The van der Waals surface area contributed by atoms with Crippen molar-refractivity contribution in [3.8, 4) is 29.3 Å². The highest BCUT2D eigenvalue weighted by atomic mass is 16.5. The molecular formula is C17H11N5O2. The van der Waals surface area contributed by atoms with Gasteiger partial charge in [-0.25, -0.2) is 0 Å². The molecule has 116 valence electrons. The summed E-state index contributed by atoms with van der Waals surface area (Å²) in [5.74, 6) is 0.685. The molecule has 0 saturated heterocycles. The summed E-state index contributed by atoms with van der Waals surface area (Å²) < 4.78 is 10.4. The number of benzene rings is 1. The molecule has 3 rings (SSSR count). The van der Waals surface area contributed by atoms with Crippen molar-refractivity contribution in [2.24, 2.45) is 10.9 Å². The van der Waals surface area contributed by atoms with E-state index in [2.05, 4.69) is 27.3 Å². The maximum absolute atomic E-state index is 9.08. The smallest absolute Gasteiger partial charge is 0.258 e. The van der Waals surface area contributed by atoms with Gasteiger partial charge in [0.2, 0.25) is 5.82 Å². The molecule has 0 fully saturated rings. The Hall–Kier alpha value is -3.71. The predicted molar refractivity (Wildman–Crippen MR) is 85.7 cm³/mol. The molecule has 1 aromatic carbocycles. The molecular weight excluding hydrogens is 306 g/mol. The Balaban J connectivity index is 1.95. The number of nitrogens with zero attached hydrogens (tertiary/aromatic N) is 5. The van der Waals surface area contributed by atoms with E-state index in [1.807, 2.05) is 0 Å². The van der Waals surface area contributed by atoms with Crippen LogP contribution in [0.3, 0.4) is 0 Å². The average Bonchev–Trinajstić information content (AvgIpc) is 3.00. The third-order valence-electron chi connectivity index (χ3n) is 3.27. The first-order chi connectivity index (χ1) is 11.7.